The normalized spacial score (nSPS) is 11.8. The first-order chi connectivity index (χ1) is 8.99. The molecule has 2 aromatic rings. The van der Waals surface area contributed by atoms with Crippen molar-refractivity contribution in [1.82, 2.24) is 19.9 Å². The number of H-pyrrole nitrogens is 1. The largest absolute Gasteiger partial charge is 0.476 e. The molecule has 6 heteroatoms. The van der Waals surface area contributed by atoms with Gasteiger partial charge in [-0.25, -0.2) is 4.98 Å². The number of aromatic nitrogens is 4. The fourth-order valence-electron chi connectivity index (χ4n) is 1.60. The number of nitrogens with one attached hydrogen (secondary N) is 2. The molecule has 2 N–H and O–H groups in total. The summed E-state index contributed by atoms with van der Waals surface area (Å²) in [6.45, 7) is 9.94. The minimum Gasteiger partial charge on any atom is -0.476 e. The highest BCUT2D eigenvalue weighted by Gasteiger charge is 2.13. The number of anilines is 1. The van der Waals surface area contributed by atoms with Gasteiger partial charge in [-0.2, -0.15) is 9.97 Å². The van der Waals surface area contributed by atoms with Crippen LogP contribution in [0.3, 0.4) is 0 Å². The highest BCUT2D eigenvalue weighted by molar-refractivity contribution is 5.76. The zero-order valence-electron chi connectivity index (χ0n) is 11.9. The van der Waals surface area contributed by atoms with Crippen LogP contribution in [0.1, 0.15) is 34.1 Å². The number of nitrogens with zero attached hydrogens (tertiary/aromatic N) is 3. The molecule has 0 amide bonds. The number of hydrogen-bond donors (Lipinski definition) is 2. The Morgan fingerprint density at radius 2 is 2.11 bits per heavy atom. The third-order valence-corrected chi connectivity index (χ3v) is 2.68. The first-order valence-corrected chi connectivity index (χ1v) is 6.57. The van der Waals surface area contributed by atoms with Crippen LogP contribution in [0.15, 0.2) is 6.33 Å². The van der Waals surface area contributed by atoms with Gasteiger partial charge in [0.05, 0.1) is 12.9 Å². The van der Waals surface area contributed by atoms with Crippen molar-refractivity contribution in [3.05, 3.63) is 6.33 Å². The monoisotopic (exact) mass is 263 g/mol. The maximum Gasteiger partial charge on any atom is 0.245 e. The van der Waals surface area contributed by atoms with E-state index in [0.29, 0.717) is 24.1 Å². The zero-order chi connectivity index (χ0) is 13.9. The molecule has 0 radical (unpaired) electrons. The number of aromatic amines is 1. The van der Waals surface area contributed by atoms with Crippen LogP contribution in [-0.2, 0) is 0 Å². The van der Waals surface area contributed by atoms with Gasteiger partial charge in [0.2, 0.25) is 11.8 Å². The maximum atomic E-state index is 5.78. The Balaban J connectivity index is 2.18. The summed E-state index contributed by atoms with van der Waals surface area (Å²) in [5.41, 5.74) is 1.61. The summed E-state index contributed by atoms with van der Waals surface area (Å²) in [7, 11) is 0. The molecule has 0 aliphatic rings. The Bertz CT molecular complexity index is 543. The Kier molecular flexibility index (Phi) is 3.87. The van der Waals surface area contributed by atoms with Crippen LogP contribution in [0.25, 0.3) is 11.2 Å². The maximum absolute atomic E-state index is 5.78. The molecule has 0 saturated carbocycles. The van der Waals surface area contributed by atoms with Crippen molar-refractivity contribution in [3.63, 3.8) is 0 Å². The lowest BCUT2D eigenvalue weighted by Gasteiger charge is -2.18. The fraction of sp³-hybridized carbons (Fsp3) is 0.615. The van der Waals surface area contributed by atoms with E-state index in [0.717, 1.165) is 18.5 Å². The van der Waals surface area contributed by atoms with Crippen LogP contribution < -0.4 is 10.1 Å². The quantitative estimate of drug-likeness (QED) is 0.867. The number of ether oxygens (including phenoxy) is 1. The van der Waals surface area contributed by atoms with Gasteiger partial charge in [0.1, 0.15) is 5.52 Å². The molecule has 0 saturated heterocycles. The summed E-state index contributed by atoms with van der Waals surface area (Å²) in [6, 6.07) is 0. The molecule has 0 unspecified atom stereocenters. The second kappa shape index (κ2) is 5.42. The lowest BCUT2D eigenvalue weighted by molar-refractivity contribution is 0.238. The second-order valence-electron chi connectivity index (χ2n) is 5.64. The molecular formula is C13H21N5O. The third-order valence-electron chi connectivity index (χ3n) is 2.68. The van der Waals surface area contributed by atoms with E-state index >= 15 is 0 Å². The van der Waals surface area contributed by atoms with E-state index in [9.17, 15) is 0 Å². The summed E-state index contributed by atoms with van der Waals surface area (Å²) >= 11 is 0. The smallest absolute Gasteiger partial charge is 0.245 e. The van der Waals surface area contributed by atoms with E-state index in [1.54, 1.807) is 6.33 Å². The van der Waals surface area contributed by atoms with Crippen molar-refractivity contribution in [3.8, 4) is 5.88 Å². The highest BCUT2D eigenvalue weighted by atomic mass is 16.5. The highest BCUT2D eigenvalue weighted by Crippen LogP contribution is 2.23. The van der Waals surface area contributed by atoms with Crippen molar-refractivity contribution < 1.29 is 4.74 Å². The van der Waals surface area contributed by atoms with Gasteiger partial charge in [0.25, 0.3) is 0 Å². The van der Waals surface area contributed by atoms with Gasteiger partial charge in [0, 0.05) is 6.54 Å². The Labute approximate surface area is 113 Å². The first kappa shape index (κ1) is 13.6. The van der Waals surface area contributed by atoms with Crippen molar-refractivity contribution in [2.45, 2.75) is 34.1 Å². The van der Waals surface area contributed by atoms with Gasteiger partial charge in [-0.15, -0.1) is 0 Å². The van der Waals surface area contributed by atoms with E-state index in [-0.39, 0.29) is 5.41 Å². The van der Waals surface area contributed by atoms with Crippen molar-refractivity contribution in [2.75, 3.05) is 18.5 Å². The molecule has 19 heavy (non-hydrogen) atoms. The molecule has 0 bridgehead atoms. The molecule has 2 rings (SSSR count). The molecule has 0 fully saturated rings. The third kappa shape index (κ3) is 3.56. The van der Waals surface area contributed by atoms with Gasteiger partial charge in [-0.3, -0.25) is 0 Å². The molecule has 0 aromatic carbocycles. The summed E-state index contributed by atoms with van der Waals surface area (Å²) in [5, 5.41) is 3.08. The SMILES string of the molecule is CCNc1nc(OCCC(C)(C)C)c2[nH]cnc2n1. The molecule has 0 aliphatic carbocycles. The topological polar surface area (TPSA) is 75.7 Å². The minimum atomic E-state index is 0.241. The van der Waals surface area contributed by atoms with Gasteiger partial charge in [-0.1, -0.05) is 20.8 Å². The average molecular weight is 263 g/mol. The van der Waals surface area contributed by atoms with Crippen LogP contribution in [0, 0.1) is 5.41 Å². The minimum absolute atomic E-state index is 0.241. The number of imidazole rings is 1. The molecule has 0 aliphatic heterocycles. The first-order valence-electron chi connectivity index (χ1n) is 6.57. The molecule has 0 atom stereocenters. The molecule has 2 aromatic heterocycles. The Morgan fingerprint density at radius 3 is 2.79 bits per heavy atom. The number of rotatable bonds is 5. The van der Waals surface area contributed by atoms with Crippen LogP contribution >= 0.6 is 0 Å². The predicted octanol–water partition coefficient (Wildman–Crippen LogP) is 2.60. The molecule has 0 spiro atoms. The number of fused-ring (bicyclic) bond motifs is 1. The van der Waals surface area contributed by atoms with E-state index < -0.39 is 0 Å². The lowest BCUT2D eigenvalue weighted by atomic mass is 9.93. The van der Waals surface area contributed by atoms with Crippen LogP contribution in [0.2, 0.25) is 0 Å². The predicted molar refractivity (Wildman–Crippen MR) is 75.4 cm³/mol. The molecular weight excluding hydrogens is 242 g/mol. The van der Waals surface area contributed by atoms with Crippen LogP contribution in [0.4, 0.5) is 5.95 Å². The lowest BCUT2D eigenvalue weighted by Crippen LogP contribution is -2.12. The Hall–Kier alpha value is -1.85. The summed E-state index contributed by atoms with van der Waals surface area (Å²) in [4.78, 5) is 15.8. The van der Waals surface area contributed by atoms with Gasteiger partial charge < -0.3 is 15.0 Å². The summed E-state index contributed by atoms with van der Waals surface area (Å²) in [6.07, 6.45) is 2.56. The Morgan fingerprint density at radius 1 is 1.32 bits per heavy atom. The van der Waals surface area contributed by atoms with E-state index in [1.807, 2.05) is 6.92 Å². The van der Waals surface area contributed by atoms with Crippen LogP contribution in [-0.4, -0.2) is 33.1 Å². The van der Waals surface area contributed by atoms with E-state index in [1.165, 1.54) is 0 Å². The molecule has 6 nitrogen and oxygen atoms in total. The van der Waals surface area contributed by atoms with Crippen molar-refractivity contribution >= 4 is 17.1 Å². The second-order valence-corrected chi connectivity index (χ2v) is 5.64. The van der Waals surface area contributed by atoms with E-state index in [2.05, 4.69) is 46.0 Å². The standard InChI is InChI=1S/C13H21N5O/c1-5-14-12-17-10-9(15-8-16-10)11(18-12)19-7-6-13(2,3)4/h8H,5-7H2,1-4H3,(H2,14,15,16,17,18). The van der Waals surface area contributed by atoms with Gasteiger partial charge in [0.15, 0.2) is 5.65 Å². The average Bonchev–Trinajstić information content (AvgIpc) is 2.76. The zero-order valence-corrected chi connectivity index (χ0v) is 11.9. The van der Waals surface area contributed by atoms with Crippen molar-refractivity contribution in [1.29, 1.82) is 0 Å². The summed E-state index contributed by atoms with van der Waals surface area (Å²) in [5.74, 6) is 1.11. The van der Waals surface area contributed by atoms with Crippen LogP contribution in [0.5, 0.6) is 5.88 Å². The van der Waals surface area contributed by atoms with E-state index in [4.69, 9.17) is 4.74 Å². The van der Waals surface area contributed by atoms with Gasteiger partial charge >= 0.3 is 0 Å². The van der Waals surface area contributed by atoms with Crippen molar-refractivity contribution in [2.24, 2.45) is 5.41 Å². The van der Waals surface area contributed by atoms with Gasteiger partial charge in [-0.05, 0) is 18.8 Å². The molecule has 104 valence electrons. The fourth-order valence-corrected chi connectivity index (χ4v) is 1.60. The molecule has 2 heterocycles. The summed E-state index contributed by atoms with van der Waals surface area (Å²) < 4.78 is 5.78. The number of hydrogen-bond acceptors (Lipinski definition) is 5.